The summed E-state index contributed by atoms with van der Waals surface area (Å²) in [6.45, 7) is 6.63. The fourth-order valence-corrected chi connectivity index (χ4v) is 2.88. The summed E-state index contributed by atoms with van der Waals surface area (Å²) >= 11 is 0. The summed E-state index contributed by atoms with van der Waals surface area (Å²) in [4.78, 5) is 2.65. The second-order valence-electron chi connectivity index (χ2n) is 5.59. The molecule has 0 amide bonds. The average molecular weight is 219 g/mol. The standard InChI is InChI=1S/C11H22N2.ClH/c1-10(2,12)9-13-8-4-7-11(13)5-3-6-11;/h3-9,12H2,1-2H3;1H. The molecule has 2 fully saturated rings. The minimum absolute atomic E-state index is 0. The molecular weight excluding hydrogens is 196 g/mol. The Kier molecular flexibility index (Phi) is 3.50. The molecule has 2 aliphatic rings. The first-order chi connectivity index (χ1) is 6.02. The third kappa shape index (κ3) is 2.23. The van der Waals surface area contributed by atoms with E-state index in [4.69, 9.17) is 5.73 Å². The van der Waals surface area contributed by atoms with Gasteiger partial charge in [-0.25, -0.2) is 0 Å². The van der Waals surface area contributed by atoms with Gasteiger partial charge in [0.2, 0.25) is 0 Å². The van der Waals surface area contributed by atoms with E-state index in [1.54, 1.807) is 0 Å². The molecule has 1 heterocycles. The maximum Gasteiger partial charge on any atom is 0.0226 e. The molecule has 1 aliphatic carbocycles. The van der Waals surface area contributed by atoms with Gasteiger partial charge in [-0.3, -0.25) is 4.90 Å². The van der Waals surface area contributed by atoms with E-state index in [9.17, 15) is 0 Å². The smallest absolute Gasteiger partial charge is 0.0226 e. The van der Waals surface area contributed by atoms with Crippen molar-refractivity contribution in [2.24, 2.45) is 5.73 Å². The molecule has 1 saturated carbocycles. The molecule has 2 rings (SSSR count). The molecule has 0 aromatic rings. The predicted octanol–water partition coefficient (Wildman–Crippen LogP) is 2.16. The van der Waals surface area contributed by atoms with Gasteiger partial charge in [0, 0.05) is 17.6 Å². The highest BCUT2D eigenvalue weighted by Crippen LogP contribution is 2.45. The van der Waals surface area contributed by atoms with Gasteiger partial charge in [-0.1, -0.05) is 0 Å². The maximum absolute atomic E-state index is 6.07. The molecule has 0 bridgehead atoms. The molecule has 1 aliphatic heterocycles. The second-order valence-corrected chi connectivity index (χ2v) is 5.59. The van der Waals surface area contributed by atoms with E-state index in [2.05, 4.69) is 18.7 Å². The monoisotopic (exact) mass is 218 g/mol. The number of nitrogens with two attached hydrogens (primary N) is 1. The Morgan fingerprint density at radius 2 is 1.79 bits per heavy atom. The molecular formula is C11H23ClN2. The van der Waals surface area contributed by atoms with Gasteiger partial charge in [-0.15, -0.1) is 12.4 Å². The summed E-state index contributed by atoms with van der Waals surface area (Å²) in [7, 11) is 0. The summed E-state index contributed by atoms with van der Waals surface area (Å²) in [6, 6.07) is 0. The third-order valence-electron chi connectivity index (χ3n) is 3.62. The van der Waals surface area contributed by atoms with Crippen molar-refractivity contribution in [2.45, 2.75) is 57.0 Å². The van der Waals surface area contributed by atoms with Gasteiger partial charge in [0.05, 0.1) is 0 Å². The maximum atomic E-state index is 6.07. The first-order valence-electron chi connectivity index (χ1n) is 5.56. The lowest BCUT2D eigenvalue weighted by Crippen LogP contribution is -2.55. The Labute approximate surface area is 93.6 Å². The van der Waals surface area contributed by atoms with Gasteiger partial charge in [-0.2, -0.15) is 0 Å². The normalized spacial score (nSPS) is 25.9. The van der Waals surface area contributed by atoms with Crippen LogP contribution in [0.5, 0.6) is 0 Å². The van der Waals surface area contributed by atoms with Gasteiger partial charge >= 0.3 is 0 Å². The van der Waals surface area contributed by atoms with Crippen molar-refractivity contribution in [2.75, 3.05) is 13.1 Å². The molecule has 3 heteroatoms. The van der Waals surface area contributed by atoms with Crippen LogP contribution in [0.3, 0.4) is 0 Å². The number of hydrogen-bond acceptors (Lipinski definition) is 2. The SMILES string of the molecule is CC(C)(N)CN1CCCC12CCC2.Cl. The van der Waals surface area contributed by atoms with E-state index in [1.165, 1.54) is 38.6 Å². The number of likely N-dealkylation sites (tertiary alicyclic amines) is 1. The number of nitrogens with zero attached hydrogens (tertiary/aromatic N) is 1. The highest BCUT2D eigenvalue weighted by atomic mass is 35.5. The Balaban J connectivity index is 0.000000980. The van der Waals surface area contributed by atoms with Crippen molar-refractivity contribution in [1.82, 2.24) is 4.90 Å². The topological polar surface area (TPSA) is 29.3 Å². The van der Waals surface area contributed by atoms with Crippen LogP contribution in [-0.4, -0.2) is 29.1 Å². The summed E-state index contributed by atoms with van der Waals surface area (Å²) < 4.78 is 0. The summed E-state index contributed by atoms with van der Waals surface area (Å²) in [6.07, 6.45) is 7.08. The van der Waals surface area contributed by atoms with Crippen LogP contribution in [0.1, 0.15) is 46.0 Å². The van der Waals surface area contributed by atoms with Crippen LogP contribution in [0.15, 0.2) is 0 Å². The lowest BCUT2D eigenvalue weighted by molar-refractivity contribution is 0.0420. The molecule has 0 atom stereocenters. The first kappa shape index (κ1) is 12.3. The summed E-state index contributed by atoms with van der Waals surface area (Å²) in [5, 5.41) is 0. The molecule has 1 saturated heterocycles. The molecule has 2 nitrogen and oxygen atoms in total. The van der Waals surface area contributed by atoms with Crippen LogP contribution < -0.4 is 5.73 Å². The van der Waals surface area contributed by atoms with Crippen molar-refractivity contribution in [3.63, 3.8) is 0 Å². The molecule has 84 valence electrons. The van der Waals surface area contributed by atoms with Crippen LogP contribution in [0.2, 0.25) is 0 Å². The Morgan fingerprint density at radius 1 is 1.21 bits per heavy atom. The highest BCUT2D eigenvalue weighted by Gasteiger charge is 2.46. The lowest BCUT2D eigenvalue weighted by atomic mass is 9.74. The van der Waals surface area contributed by atoms with Crippen molar-refractivity contribution < 1.29 is 0 Å². The molecule has 0 radical (unpaired) electrons. The van der Waals surface area contributed by atoms with Gasteiger partial charge in [-0.05, 0) is 52.5 Å². The molecule has 0 unspecified atom stereocenters. The van der Waals surface area contributed by atoms with E-state index in [-0.39, 0.29) is 17.9 Å². The van der Waals surface area contributed by atoms with Crippen LogP contribution in [0.4, 0.5) is 0 Å². The average Bonchev–Trinajstić information content (AvgIpc) is 2.25. The zero-order valence-corrected chi connectivity index (χ0v) is 10.2. The van der Waals surface area contributed by atoms with Crippen LogP contribution >= 0.6 is 12.4 Å². The Hall–Kier alpha value is 0.210. The number of halogens is 1. The quantitative estimate of drug-likeness (QED) is 0.770. The van der Waals surface area contributed by atoms with Gasteiger partial charge in [0.1, 0.15) is 0 Å². The molecule has 2 N–H and O–H groups in total. The molecule has 0 aromatic heterocycles. The highest BCUT2D eigenvalue weighted by molar-refractivity contribution is 5.85. The summed E-state index contributed by atoms with van der Waals surface area (Å²) in [5.41, 5.74) is 6.65. The van der Waals surface area contributed by atoms with E-state index < -0.39 is 0 Å². The van der Waals surface area contributed by atoms with Crippen molar-refractivity contribution in [1.29, 1.82) is 0 Å². The zero-order valence-electron chi connectivity index (χ0n) is 9.38. The van der Waals surface area contributed by atoms with Gasteiger partial charge in [0.15, 0.2) is 0 Å². The molecule has 14 heavy (non-hydrogen) atoms. The van der Waals surface area contributed by atoms with E-state index in [0.717, 1.165) is 6.54 Å². The van der Waals surface area contributed by atoms with Crippen LogP contribution in [0, 0.1) is 0 Å². The van der Waals surface area contributed by atoms with E-state index >= 15 is 0 Å². The first-order valence-corrected chi connectivity index (χ1v) is 5.56. The van der Waals surface area contributed by atoms with E-state index in [1.807, 2.05) is 0 Å². The Bertz CT molecular complexity index is 194. The fraction of sp³-hybridized carbons (Fsp3) is 1.00. The summed E-state index contributed by atoms with van der Waals surface area (Å²) in [5.74, 6) is 0. The van der Waals surface area contributed by atoms with Gasteiger partial charge in [0.25, 0.3) is 0 Å². The zero-order chi connectivity index (χ0) is 9.53. The lowest BCUT2D eigenvalue weighted by Gasteiger charge is -2.48. The Morgan fingerprint density at radius 3 is 2.21 bits per heavy atom. The van der Waals surface area contributed by atoms with Crippen LogP contribution in [0.25, 0.3) is 0 Å². The minimum Gasteiger partial charge on any atom is -0.324 e. The van der Waals surface area contributed by atoms with Gasteiger partial charge < -0.3 is 5.73 Å². The van der Waals surface area contributed by atoms with E-state index in [0.29, 0.717) is 5.54 Å². The predicted molar refractivity (Wildman–Crippen MR) is 62.9 cm³/mol. The largest absolute Gasteiger partial charge is 0.324 e. The number of rotatable bonds is 2. The number of hydrogen-bond donors (Lipinski definition) is 1. The second kappa shape index (κ2) is 3.99. The third-order valence-corrected chi connectivity index (χ3v) is 3.62. The van der Waals surface area contributed by atoms with Crippen molar-refractivity contribution >= 4 is 12.4 Å². The van der Waals surface area contributed by atoms with Crippen molar-refractivity contribution in [3.8, 4) is 0 Å². The minimum atomic E-state index is -0.0209. The van der Waals surface area contributed by atoms with Crippen molar-refractivity contribution in [3.05, 3.63) is 0 Å². The molecule has 0 aromatic carbocycles. The molecule has 1 spiro atoms. The van der Waals surface area contributed by atoms with Crippen LogP contribution in [-0.2, 0) is 0 Å². The fourth-order valence-electron chi connectivity index (χ4n) is 2.88.